The molecule has 40 heavy (non-hydrogen) atoms. The lowest BCUT2D eigenvalue weighted by atomic mass is 10.0. The van der Waals surface area contributed by atoms with Crippen molar-refractivity contribution in [1.82, 2.24) is 30.4 Å². The molecular weight excluding hydrogens is 535 g/mol. The molecule has 0 spiro atoms. The maximum atomic E-state index is 13.8. The first kappa shape index (κ1) is 28.7. The number of methoxy groups -OCH3 is 2. The van der Waals surface area contributed by atoms with E-state index in [2.05, 4.69) is 20.7 Å². The van der Waals surface area contributed by atoms with Crippen LogP contribution in [0.3, 0.4) is 0 Å². The van der Waals surface area contributed by atoms with Gasteiger partial charge in [-0.05, 0) is 73.3 Å². The molecule has 210 valence electrons. The predicted molar refractivity (Wildman–Crippen MR) is 148 cm³/mol. The topological polar surface area (TPSA) is 111 Å². The minimum Gasteiger partial charge on any atom is -0.493 e. The number of halogens is 1. The summed E-state index contributed by atoms with van der Waals surface area (Å²) in [5.74, 6) is 0.105. The van der Waals surface area contributed by atoms with E-state index in [1.807, 2.05) is 38.3 Å². The van der Waals surface area contributed by atoms with Crippen molar-refractivity contribution in [2.75, 3.05) is 14.2 Å². The smallest absolute Gasteiger partial charge is 0.247 e. The Morgan fingerprint density at radius 3 is 2.42 bits per heavy atom. The molecule has 4 rings (SSSR count). The first-order chi connectivity index (χ1) is 19.1. The van der Waals surface area contributed by atoms with Crippen LogP contribution in [-0.2, 0) is 22.7 Å². The molecule has 2 amide bonds. The van der Waals surface area contributed by atoms with Gasteiger partial charge in [-0.2, -0.15) is 4.80 Å². The highest BCUT2D eigenvalue weighted by Gasteiger charge is 2.34. The molecule has 10 nitrogen and oxygen atoms in total. The average molecular weight is 567 g/mol. The Morgan fingerprint density at radius 1 is 1.07 bits per heavy atom. The number of hydrogen-bond donors (Lipinski definition) is 1. The first-order valence-electron chi connectivity index (χ1n) is 12.5. The molecule has 0 aliphatic heterocycles. The number of rotatable bonds is 10. The van der Waals surface area contributed by atoms with E-state index >= 15 is 0 Å². The Balaban J connectivity index is 1.66. The number of hydrogen-bond acceptors (Lipinski definition) is 8. The van der Waals surface area contributed by atoms with Crippen LogP contribution in [0, 0.1) is 5.82 Å². The normalized spacial score (nSPS) is 12.1. The van der Waals surface area contributed by atoms with E-state index in [1.54, 1.807) is 25.3 Å². The van der Waals surface area contributed by atoms with Gasteiger partial charge in [0.15, 0.2) is 11.5 Å². The standard InChI is InChI=1S/C28H31FN6O4S/c1-28(2,3)30-27(37)25(18-8-11-20(29)12-9-18)34(16-21-7-6-14-40-21)24(36)17-35-32-26(31-33-35)19-10-13-22(38-4)23(15-19)39-5/h6-15,25H,16-17H2,1-5H3,(H,30,37)/t25-/m0/s1. The van der Waals surface area contributed by atoms with Crippen molar-refractivity contribution in [1.29, 1.82) is 0 Å². The third-order valence-electron chi connectivity index (χ3n) is 5.84. The van der Waals surface area contributed by atoms with Crippen LogP contribution in [0.15, 0.2) is 60.0 Å². The number of tetrazole rings is 1. The van der Waals surface area contributed by atoms with Crippen molar-refractivity contribution in [2.45, 2.75) is 45.4 Å². The second kappa shape index (κ2) is 12.2. The SMILES string of the molecule is COc1ccc(-c2nnn(CC(=O)N(Cc3cccs3)[C@H](C(=O)NC(C)(C)C)c3ccc(F)cc3)n2)cc1OC. The van der Waals surface area contributed by atoms with Crippen LogP contribution in [0.5, 0.6) is 11.5 Å². The lowest BCUT2D eigenvalue weighted by Crippen LogP contribution is -2.49. The van der Waals surface area contributed by atoms with Gasteiger partial charge >= 0.3 is 0 Å². The number of carbonyl (C=O) groups excluding carboxylic acids is 2. The minimum atomic E-state index is -1.02. The van der Waals surface area contributed by atoms with E-state index in [0.29, 0.717) is 28.5 Å². The molecule has 1 N–H and O–H groups in total. The van der Waals surface area contributed by atoms with Crippen molar-refractivity contribution in [2.24, 2.45) is 0 Å². The number of carbonyl (C=O) groups is 2. The van der Waals surface area contributed by atoms with Gasteiger partial charge in [0, 0.05) is 16.0 Å². The monoisotopic (exact) mass is 566 g/mol. The van der Waals surface area contributed by atoms with Gasteiger partial charge < -0.3 is 19.7 Å². The Kier molecular flexibility index (Phi) is 8.78. The molecule has 0 saturated heterocycles. The molecule has 2 aromatic heterocycles. The zero-order valence-corrected chi connectivity index (χ0v) is 23.7. The summed E-state index contributed by atoms with van der Waals surface area (Å²) in [7, 11) is 3.07. The van der Waals surface area contributed by atoms with Crippen molar-refractivity contribution in [3.63, 3.8) is 0 Å². The number of ether oxygens (including phenoxy) is 2. The van der Waals surface area contributed by atoms with E-state index in [1.165, 1.54) is 52.4 Å². The van der Waals surface area contributed by atoms with Gasteiger partial charge in [-0.15, -0.1) is 21.5 Å². The molecule has 12 heteroatoms. The fourth-order valence-corrected chi connectivity index (χ4v) is 4.77. The number of benzene rings is 2. The molecule has 2 aromatic carbocycles. The van der Waals surface area contributed by atoms with Gasteiger partial charge in [-0.1, -0.05) is 18.2 Å². The zero-order chi connectivity index (χ0) is 28.9. The van der Waals surface area contributed by atoms with Crippen LogP contribution in [0.2, 0.25) is 0 Å². The zero-order valence-electron chi connectivity index (χ0n) is 22.9. The molecule has 4 aromatic rings. The molecule has 1 atom stereocenters. The first-order valence-corrected chi connectivity index (χ1v) is 13.4. The summed E-state index contributed by atoms with van der Waals surface area (Å²) >= 11 is 1.46. The van der Waals surface area contributed by atoms with Gasteiger partial charge in [0.2, 0.25) is 17.6 Å². The largest absolute Gasteiger partial charge is 0.493 e. The third kappa shape index (κ3) is 7.00. The molecular formula is C28H31FN6O4S. The Morgan fingerprint density at radius 2 is 1.80 bits per heavy atom. The van der Waals surface area contributed by atoms with Gasteiger partial charge in [-0.3, -0.25) is 9.59 Å². The Bertz CT molecular complexity index is 1450. The summed E-state index contributed by atoms with van der Waals surface area (Å²) in [5, 5.41) is 17.4. The number of amides is 2. The molecule has 2 heterocycles. The van der Waals surface area contributed by atoms with Crippen LogP contribution in [0.4, 0.5) is 4.39 Å². The summed E-state index contributed by atoms with van der Waals surface area (Å²) in [6.07, 6.45) is 0. The maximum absolute atomic E-state index is 13.8. The molecule has 0 aliphatic carbocycles. The van der Waals surface area contributed by atoms with Crippen LogP contribution in [0.1, 0.15) is 37.3 Å². The highest BCUT2D eigenvalue weighted by Crippen LogP contribution is 2.31. The fourth-order valence-electron chi connectivity index (χ4n) is 4.06. The molecule has 0 radical (unpaired) electrons. The third-order valence-corrected chi connectivity index (χ3v) is 6.70. The molecule has 0 aliphatic rings. The summed E-state index contributed by atoms with van der Waals surface area (Å²) in [6.45, 7) is 5.45. The average Bonchev–Trinajstić information content (AvgIpc) is 3.60. The van der Waals surface area contributed by atoms with Crippen LogP contribution < -0.4 is 14.8 Å². The number of nitrogens with zero attached hydrogens (tertiary/aromatic N) is 5. The fraction of sp³-hybridized carbons (Fsp3) is 0.321. The van der Waals surface area contributed by atoms with Gasteiger partial charge in [0.05, 0.1) is 20.8 Å². The van der Waals surface area contributed by atoms with Gasteiger partial charge in [-0.25, -0.2) is 4.39 Å². The van der Waals surface area contributed by atoms with Crippen LogP contribution in [-0.4, -0.2) is 56.7 Å². The Labute approximate surface area is 235 Å². The number of aromatic nitrogens is 4. The predicted octanol–water partition coefficient (Wildman–Crippen LogP) is 4.24. The quantitative estimate of drug-likeness (QED) is 0.306. The molecule has 0 fully saturated rings. The van der Waals surface area contributed by atoms with Gasteiger partial charge in [0.1, 0.15) is 18.4 Å². The van der Waals surface area contributed by atoms with Crippen molar-refractivity contribution in [3.05, 3.63) is 76.2 Å². The summed E-state index contributed by atoms with van der Waals surface area (Å²) in [4.78, 5) is 31.0. The van der Waals surface area contributed by atoms with E-state index in [0.717, 1.165) is 4.88 Å². The Hall–Kier alpha value is -4.32. The van der Waals surface area contributed by atoms with Crippen LogP contribution >= 0.6 is 11.3 Å². The van der Waals surface area contributed by atoms with E-state index in [4.69, 9.17) is 9.47 Å². The molecule has 0 unspecified atom stereocenters. The van der Waals surface area contributed by atoms with Crippen molar-refractivity contribution in [3.8, 4) is 22.9 Å². The van der Waals surface area contributed by atoms with Crippen molar-refractivity contribution >= 4 is 23.2 Å². The number of nitrogens with one attached hydrogen (secondary N) is 1. The van der Waals surface area contributed by atoms with E-state index in [9.17, 15) is 14.0 Å². The lowest BCUT2D eigenvalue weighted by molar-refractivity contribution is -0.143. The molecule has 0 saturated carbocycles. The number of thiophene rings is 1. The van der Waals surface area contributed by atoms with E-state index < -0.39 is 23.3 Å². The molecule has 0 bridgehead atoms. The summed E-state index contributed by atoms with van der Waals surface area (Å²) in [5.41, 5.74) is 0.542. The second-order valence-corrected chi connectivity index (χ2v) is 11.0. The maximum Gasteiger partial charge on any atom is 0.247 e. The second-order valence-electron chi connectivity index (χ2n) is 10.0. The van der Waals surface area contributed by atoms with E-state index in [-0.39, 0.29) is 19.0 Å². The summed E-state index contributed by atoms with van der Waals surface area (Å²) in [6, 6.07) is 13.5. The summed E-state index contributed by atoms with van der Waals surface area (Å²) < 4.78 is 24.4. The highest BCUT2D eigenvalue weighted by atomic mass is 32.1. The van der Waals surface area contributed by atoms with Crippen LogP contribution in [0.25, 0.3) is 11.4 Å². The van der Waals surface area contributed by atoms with Crippen molar-refractivity contribution < 1.29 is 23.5 Å². The minimum absolute atomic E-state index is 0.160. The van der Waals surface area contributed by atoms with Gasteiger partial charge in [0.25, 0.3) is 0 Å². The highest BCUT2D eigenvalue weighted by molar-refractivity contribution is 7.09. The lowest BCUT2D eigenvalue weighted by Gasteiger charge is -2.33.